The fourth-order valence-electron chi connectivity index (χ4n) is 1.82. The fourth-order valence-corrected chi connectivity index (χ4v) is 3.32. The van der Waals surface area contributed by atoms with E-state index in [4.69, 9.17) is 0 Å². The third-order valence-corrected chi connectivity index (χ3v) is 4.70. The number of methoxy groups -OCH3 is 1. The Bertz CT molecular complexity index is 479. The van der Waals surface area contributed by atoms with Crippen molar-refractivity contribution in [3.8, 4) is 0 Å². The van der Waals surface area contributed by atoms with Gasteiger partial charge >= 0.3 is 5.97 Å². The summed E-state index contributed by atoms with van der Waals surface area (Å²) in [5.74, 6) is -0.303. The van der Waals surface area contributed by atoms with Crippen LogP contribution >= 0.6 is 27.3 Å². The van der Waals surface area contributed by atoms with Crippen LogP contribution in [0.25, 0.3) is 0 Å². The van der Waals surface area contributed by atoms with E-state index in [0.29, 0.717) is 19.6 Å². The van der Waals surface area contributed by atoms with Crippen molar-refractivity contribution in [2.75, 3.05) is 33.3 Å². The predicted octanol–water partition coefficient (Wildman–Crippen LogP) is 2.35. The molecule has 0 radical (unpaired) electrons. The lowest BCUT2D eigenvalue weighted by Crippen LogP contribution is -2.41. The summed E-state index contributed by atoms with van der Waals surface area (Å²) in [6, 6.07) is 3.99. The average molecular weight is 377 g/mol. The summed E-state index contributed by atoms with van der Waals surface area (Å²) in [5.41, 5.74) is 0. The average Bonchev–Trinajstić information content (AvgIpc) is 2.88. The van der Waals surface area contributed by atoms with E-state index in [9.17, 15) is 9.59 Å². The molecule has 1 aromatic rings. The topological polar surface area (TPSA) is 49.9 Å². The summed E-state index contributed by atoms with van der Waals surface area (Å²) in [4.78, 5) is 28.4. The largest absolute Gasteiger partial charge is 0.468 e. The second-order valence-electron chi connectivity index (χ2n) is 4.49. The molecule has 0 aliphatic rings. The van der Waals surface area contributed by atoms with E-state index < -0.39 is 0 Å². The molecule has 118 valence electrons. The number of carbonyl (C=O) groups excluding carboxylic acids is 2. The number of likely N-dealkylation sites (N-methyl/N-ethyl adjacent to an activating group) is 2. The maximum Gasteiger partial charge on any atom is 0.319 e. The van der Waals surface area contributed by atoms with Gasteiger partial charge in [-0.3, -0.25) is 14.5 Å². The lowest BCUT2D eigenvalue weighted by atomic mass is 10.3. The lowest BCUT2D eigenvalue weighted by Gasteiger charge is -2.25. The molecule has 0 spiro atoms. The molecule has 0 saturated carbocycles. The number of amides is 1. The SMILES string of the molecule is CCN(CC(=O)OC)CC(=O)N(CC)Cc1ccc(Br)s1. The van der Waals surface area contributed by atoms with Gasteiger partial charge in [0, 0.05) is 11.4 Å². The van der Waals surface area contributed by atoms with Crippen LogP contribution in [-0.2, 0) is 20.9 Å². The number of esters is 1. The Kier molecular flexibility index (Phi) is 7.92. The zero-order valence-electron chi connectivity index (χ0n) is 12.6. The zero-order valence-corrected chi connectivity index (χ0v) is 15.0. The van der Waals surface area contributed by atoms with Crippen molar-refractivity contribution in [2.24, 2.45) is 0 Å². The van der Waals surface area contributed by atoms with Crippen molar-refractivity contribution >= 4 is 39.1 Å². The molecule has 1 heterocycles. The molecule has 1 aromatic heterocycles. The normalized spacial score (nSPS) is 10.7. The quantitative estimate of drug-likeness (QED) is 0.653. The van der Waals surface area contributed by atoms with Gasteiger partial charge in [0.25, 0.3) is 0 Å². The molecule has 0 atom stereocenters. The highest BCUT2D eigenvalue weighted by atomic mass is 79.9. The summed E-state index contributed by atoms with van der Waals surface area (Å²) >= 11 is 5.05. The first kappa shape index (κ1) is 18.1. The van der Waals surface area contributed by atoms with E-state index in [1.165, 1.54) is 7.11 Å². The Balaban J connectivity index is 2.59. The van der Waals surface area contributed by atoms with Crippen LogP contribution in [0.15, 0.2) is 15.9 Å². The van der Waals surface area contributed by atoms with E-state index in [-0.39, 0.29) is 25.0 Å². The number of hydrogen-bond acceptors (Lipinski definition) is 5. The molecular formula is C14H21BrN2O3S. The third-order valence-electron chi connectivity index (χ3n) is 3.10. The molecular weight excluding hydrogens is 356 g/mol. The van der Waals surface area contributed by atoms with Crippen LogP contribution in [0.1, 0.15) is 18.7 Å². The van der Waals surface area contributed by atoms with Gasteiger partial charge in [-0.1, -0.05) is 6.92 Å². The molecule has 0 saturated heterocycles. The molecule has 7 heteroatoms. The van der Waals surface area contributed by atoms with Crippen LogP contribution in [0.2, 0.25) is 0 Å². The Hall–Kier alpha value is -0.920. The lowest BCUT2D eigenvalue weighted by molar-refractivity contribution is -0.142. The van der Waals surface area contributed by atoms with Crippen molar-refractivity contribution in [3.05, 3.63) is 20.8 Å². The second kappa shape index (κ2) is 9.17. The molecule has 0 aliphatic carbocycles. The van der Waals surface area contributed by atoms with Crippen molar-refractivity contribution < 1.29 is 14.3 Å². The van der Waals surface area contributed by atoms with Crippen LogP contribution in [-0.4, -0.2) is 55.0 Å². The molecule has 1 rings (SSSR count). The molecule has 0 fully saturated rings. The minimum absolute atomic E-state index is 0.0211. The number of halogens is 1. The van der Waals surface area contributed by atoms with Crippen LogP contribution in [0, 0.1) is 0 Å². The van der Waals surface area contributed by atoms with E-state index >= 15 is 0 Å². The van der Waals surface area contributed by atoms with Gasteiger partial charge in [0.15, 0.2) is 0 Å². The number of carbonyl (C=O) groups is 2. The van der Waals surface area contributed by atoms with Crippen LogP contribution < -0.4 is 0 Å². The molecule has 0 bridgehead atoms. The highest BCUT2D eigenvalue weighted by Crippen LogP contribution is 2.23. The number of nitrogens with zero attached hydrogens (tertiary/aromatic N) is 2. The van der Waals surface area contributed by atoms with Crippen LogP contribution in [0.5, 0.6) is 0 Å². The van der Waals surface area contributed by atoms with Crippen LogP contribution in [0.3, 0.4) is 0 Å². The Morgan fingerprint density at radius 1 is 1.24 bits per heavy atom. The van der Waals surface area contributed by atoms with E-state index in [0.717, 1.165) is 8.66 Å². The van der Waals surface area contributed by atoms with Crippen LogP contribution in [0.4, 0.5) is 0 Å². The fraction of sp³-hybridized carbons (Fsp3) is 0.571. The van der Waals surface area contributed by atoms with E-state index in [1.54, 1.807) is 21.1 Å². The van der Waals surface area contributed by atoms with Gasteiger partial charge in [0.05, 0.1) is 30.5 Å². The van der Waals surface area contributed by atoms with Gasteiger partial charge in [0.2, 0.25) is 5.91 Å². The third kappa shape index (κ3) is 6.15. The van der Waals surface area contributed by atoms with Crippen molar-refractivity contribution in [3.63, 3.8) is 0 Å². The number of rotatable bonds is 8. The van der Waals surface area contributed by atoms with Gasteiger partial charge in [-0.05, 0) is 41.5 Å². The van der Waals surface area contributed by atoms with E-state index in [2.05, 4.69) is 20.7 Å². The van der Waals surface area contributed by atoms with Crippen molar-refractivity contribution in [1.82, 2.24) is 9.80 Å². The van der Waals surface area contributed by atoms with Gasteiger partial charge in [0.1, 0.15) is 0 Å². The Morgan fingerprint density at radius 2 is 1.95 bits per heavy atom. The molecule has 0 N–H and O–H groups in total. The highest BCUT2D eigenvalue weighted by molar-refractivity contribution is 9.11. The first-order valence-corrected chi connectivity index (χ1v) is 8.42. The summed E-state index contributed by atoms with van der Waals surface area (Å²) in [6.45, 7) is 6.11. The summed E-state index contributed by atoms with van der Waals surface area (Å²) in [6.07, 6.45) is 0. The smallest absolute Gasteiger partial charge is 0.319 e. The molecule has 21 heavy (non-hydrogen) atoms. The molecule has 5 nitrogen and oxygen atoms in total. The summed E-state index contributed by atoms with van der Waals surface area (Å²) in [7, 11) is 1.35. The molecule has 1 amide bonds. The predicted molar refractivity (Wildman–Crippen MR) is 87.2 cm³/mol. The van der Waals surface area contributed by atoms with Gasteiger partial charge in [-0.15, -0.1) is 11.3 Å². The second-order valence-corrected chi connectivity index (χ2v) is 7.04. The van der Waals surface area contributed by atoms with Gasteiger partial charge < -0.3 is 9.64 Å². The standard InChI is InChI=1S/C14H21BrN2O3S/c1-4-16(10-14(19)20-3)9-13(18)17(5-2)8-11-6-7-12(15)21-11/h6-7H,4-5,8-10H2,1-3H3. The molecule has 0 aromatic carbocycles. The van der Waals surface area contributed by atoms with Gasteiger partial charge in [-0.25, -0.2) is 0 Å². The highest BCUT2D eigenvalue weighted by Gasteiger charge is 2.18. The maximum atomic E-state index is 12.3. The monoisotopic (exact) mass is 376 g/mol. The number of ether oxygens (including phenoxy) is 1. The van der Waals surface area contributed by atoms with E-state index in [1.807, 2.05) is 26.0 Å². The Morgan fingerprint density at radius 3 is 2.43 bits per heavy atom. The molecule has 0 unspecified atom stereocenters. The van der Waals surface area contributed by atoms with Crippen molar-refractivity contribution in [2.45, 2.75) is 20.4 Å². The van der Waals surface area contributed by atoms with Crippen molar-refractivity contribution in [1.29, 1.82) is 0 Å². The summed E-state index contributed by atoms with van der Waals surface area (Å²) < 4.78 is 5.70. The first-order chi connectivity index (χ1) is 9.99. The maximum absolute atomic E-state index is 12.3. The first-order valence-electron chi connectivity index (χ1n) is 6.81. The minimum Gasteiger partial charge on any atom is -0.468 e. The Labute approximate surface area is 138 Å². The zero-order chi connectivity index (χ0) is 15.8. The number of hydrogen-bond donors (Lipinski definition) is 0. The number of thiophene rings is 1. The minimum atomic E-state index is -0.324. The summed E-state index contributed by atoms with van der Waals surface area (Å²) in [5, 5.41) is 0. The van der Waals surface area contributed by atoms with Gasteiger partial charge in [-0.2, -0.15) is 0 Å². The molecule has 0 aliphatic heterocycles.